The summed E-state index contributed by atoms with van der Waals surface area (Å²) < 4.78 is 39.0. The number of aromatic nitrogens is 2. The van der Waals surface area contributed by atoms with E-state index in [0.717, 1.165) is 36.2 Å². The molecule has 0 spiro atoms. The number of pyridine rings is 1. The lowest BCUT2D eigenvalue weighted by atomic mass is 10.0. The fourth-order valence-corrected chi connectivity index (χ4v) is 4.99. The van der Waals surface area contributed by atoms with Gasteiger partial charge in [-0.1, -0.05) is 17.6 Å². The van der Waals surface area contributed by atoms with Gasteiger partial charge in [0.2, 0.25) is 10.9 Å². The number of aryl methyl sites for hydroxylation is 1. The van der Waals surface area contributed by atoms with Gasteiger partial charge in [-0.3, -0.25) is 4.98 Å². The van der Waals surface area contributed by atoms with E-state index in [9.17, 15) is 8.42 Å². The number of sulfonamides is 1. The minimum atomic E-state index is -3.79. The molecular weight excluding hydrogens is 366 g/mol. The van der Waals surface area contributed by atoms with Crippen LogP contribution in [0.1, 0.15) is 42.3 Å². The van der Waals surface area contributed by atoms with E-state index >= 15 is 0 Å². The van der Waals surface area contributed by atoms with Crippen molar-refractivity contribution < 1.29 is 17.4 Å². The van der Waals surface area contributed by atoms with Crippen molar-refractivity contribution in [3.05, 3.63) is 53.5 Å². The number of nitrogens with zero attached hydrogens (tertiary/aromatic N) is 3. The van der Waals surface area contributed by atoms with Crippen LogP contribution in [0.3, 0.4) is 0 Å². The van der Waals surface area contributed by atoms with Gasteiger partial charge in [-0.05, 0) is 51.0 Å². The molecule has 4 heterocycles. The second-order valence-electron chi connectivity index (χ2n) is 6.72. The summed E-state index contributed by atoms with van der Waals surface area (Å²) in [6, 6.07) is 8.37. The van der Waals surface area contributed by atoms with Gasteiger partial charge in [-0.2, -0.15) is 4.31 Å². The Kier molecular flexibility index (Phi) is 4.61. The molecule has 1 aliphatic rings. The molecule has 1 aliphatic heterocycles. The highest BCUT2D eigenvalue weighted by Gasteiger charge is 2.37. The van der Waals surface area contributed by atoms with Crippen molar-refractivity contribution in [2.24, 2.45) is 0 Å². The van der Waals surface area contributed by atoms with Gasteiger partial charge in [0, 0.05) is 18.3 Å². The van der Waals surface area contributed by atoms with Gasteiger partial charge in [0.15, 0.2) is 5.76 Å². The highest BCUT2D eigenvalue weighted by molar-refractivity contribution is 7.89. The zero-order chi connectivity index (χ0) is 19.0. The van der Waals surface area contributed by atoms with Crippen LogP contribution in [0, 0.1) is 13.8 Å². The maximum absolute atomic E-state index is 13.3. The molecule has 0 aliphatic carbocycles. The summed E-state index contributed by atoms with van der Waals surface area (Å²) in [5.74, 6) is 0.812. The fourth-order valence-electron chi connectivity index (χ4n) is 3.40. The fraction of sp³-hybridized carbons (Fsp3) is 0.368. The Morgan fingerprint density at radius 2 is 2.00 bits per heavy atom. The number of rotatable bonds is 4. The van der Waals surface area contributed by atoms with Crippen LogP contribution in [0.15, 0.2) is 50.6 Å². The Morgan fingerprint density at radius 1 is 1.15 bits per heavy atom. The van der Waals surface area contributed by atoms with Gasteiger partial charge in [0.1, 0.15) is 0 Å². The van der Waals surface area contributed by atoms with Gasteiger partial charge < -0.3 is 8.94 Å². The monoisotopic (exact) mass is 387 g/mol. The van der Waals surface area contributed by atoms with E-state index in [1.54, 1.807) is 12.3 Å². The third-order valence-corrected chi connectivity index (χ3v) is 6.79. The van der Waals surface area contributed by atoms with E-state index in [4.69, 9.17) is 8.94 Å². The summed E-state index contributed by atoms with van der Waals surface area (Å²) in [7, 11) is -3.79. The third-order valence-electron chi connectivity index (χ3n) is 5.01. The molecule has 7 nitrogen and oxygen atoms in total. The van der Waals surface area contributed by atoms with Crippen molar-refractivity contribution in [3.8, 4) is 11.5 Å². The predicted octanol–water partition coefficient (Wildman–Crippen LogP) is 3.86. The van der Waals surface area contributed by atoms with E-state index in [-0.39, 0.29) is 11.1 Å². The van der Waals surface area contributed by atoms with Crippen LogP contribution in [0.5, 0.6) is 0 Å². The molecular formula is C19H21N3O4S. The summed E-state index contributed by atoms with van der Waals surface area (Å²) >= 11 is 0. The molecule has 0 radical (unpaired) electrons. The van der Waals surface area contributed by atoms with Gasteiger partial charge in [0.05, 0.1) is 17.4 Å². The molecule has 4 rings (SSSR count). The molecule has 1 unspecified atom stereocenters. The van der Waals surface area contributed by atoms with Crippen LogP contribution >= 0.6 is 0 Å². The quantitative estimate of drug-likeness (QED) is 0.675. The molecule has 0 saturated carbocycles. The Hall–Kier alpha value is -2.45. The van der Waals surface area contributed by atoms with E-state index in [0.29, 0.717) is 18.1 Å². The molecule has 3 aromatic heterocycles. The third kappa shape index (κ3) is 3.19. The smallest absolute Gasteiger partial charge is 0.277 e. The standard InChI is InChI=1S/C19H21N3O4S/c1-13-14(2)21-26-19(13)17-9-10-18(25-17)27(23,24)22-12-6-4-8-16(22)15-7-3-5-11-20-15/h3,5,7,9-11,16H,4,6,8,12H2,1-2H3. The van der Waals surface area contributed by atoms with Crippen molar-refractivity contribution in [2.45, 2.75) is 44.2 Å². The van der Waals surface area contributed by atoms with E-state index in [1.807, 2.05) is 32.0 Å². The molecule has 0 amide bonds. The summed E-state index contributed by atoms with van der Waals surface area (Å²) in [4.78, 5) is 4.37. The van der Waals surface area contributed by atoms with Crippen LogP contribution in [0.25, 0.3) is 11.5 Å². The summed E-state index contributed by atoms with van der Waals surface area (Å²) in [5.41, 5.74) is 2.34. The van der Waals surface area contributed by atoms with Crippen LogP contribution in [0.4, 0.5) is 0 Å². The second-order valence-corrected chi connectivity index (χ2v) is 8.54. The normalized spacial score (nSPS) is 18.7. The number of hydrogen-bond donors (Lipinski definition) is 0. The molecule has 142 valence electrons. The lowest BCUT2D eigenvalue weighted by molar-refractivity contribution is 0.245. The average Bonchev–Trinajstić information content (AvgIpc) is 3.30. The van der Waals surface area contributed by atoms with Crippen molar-refractivity contribution in [1.29, 1.82) is 0 Å². The molecule has 3 aromatic rings. The largest absolute Gasteiger partial charge is 0.440 e. The maximum Gasteiger partial charge on any atom is 0.277 e. The predicted molar refractivity (Wildman–Crippen MR) is 98.4 cm³/mol. The van der Waals surface area contributed by atoms with Crippen molar-refractivity contribution in [2.75, 3.05) is 6.54 Å². The molecule has 0 N–H and O–H groups in total. The van der Waals surface area contributed by atoms with Gasteiger partial charge >= 0.3 is 0 Å². The van der Waals surface area contributed by atoms with Crippen molar-refractivity contribution in [3.63, 3.8) is 0 Å². The SMILES string of the molecule is Cc1noc(-c2ccc(S(=O)(=O)N3CCCCC3c3ccccn3)o2)c1C. The minimum Gasteiger partial charge on any atom is -0.440 e. The zero-order valence-corrected chi connectivity index (χ0v) is 16.1. The molecule has 1 fully saturated rings. The molecule has 1 atom stereocenters. The summed E-state index contributed by atoms with van der Waals surface area (Å²) in [6.45, 7) is 4.13. The van der Waals surface area contributed by atoms with Gasteiger partial charge in [0.25, 0.3) is 10.0 Å². The lowest BCUT2D eigenvalue weighted by Gasteiger charge is -2.33. The van der Waals surface area contributed by atoms with Gasteiger partial charge in [-0.25, -0.2) is 8.42 Å². The summed E-state index contributed by atoms with van der Waals surface area (Å²) in [5, 5.41) is 3.81. The average molecular weight is 387 g/mol. The minimum absolute atomic E-state index is 0.0891. The van der Waals surface area contributed by atoms with Gasteiger partial charge in [-0.15, -0.1) is 0 Å². The Balaban J connectivity index is 1.69. The van der Waals surface area contributed by atoms with Crippen LogP contribution in [-0.4, -0.2) is 29.4 Å². The van der Waals surface area contributed by atoms with Crippen LogP contribution in [0.2, 0.25) is 0 Å². The first-order valence-electron chi connectivity index (χ1n) is 8.94. The number of piperidine rings is 1. The first-order chi connectivity index (χ1) is 13.0. The highest BCUT2D eigenvalue weighted by Crippen LogP contribution is 2.36. The molecule has 8 heteroatoms. The number of furan rings is 1. The topological polar surface area (TPSA) is 89.4 Å². The van der Waals surface area contributed by atoms with Crippen LogP contribution < -0.4 is 0 Å². The second kappa shape index (κ2) is 6.94. The summed E-state index contributed by atoms with van der Waals surface area (Å²) in [6.07, 6.45) is 4.21. The first-order valence-corrected chi connectivity index (χ1v) is 10.4. The van der Waals surface area contributed by atoms with E-state index in [2.05, 4.69) is 10.1 Å². The van der Waals surface area contributed by atoms with E-state index < -0.39 is 10.0 Å². The van der Waals surface area contributed by atoms with Crippen molar-refractivity contribution in [1.82, 2.24) is 14.4 Å². The Morgan fingerprint density at radius 3 is 2.70 bits per heavy atom. The van der Waals surface area contributed by atoms with Crippen molar-refractivity contribution >= 4 is 10.0 Å². The lowest BCUT2D eigenvalue weighted by Crippen LogP contribution is -2.38. The molecule has 27 heavy (non-hydrogen) atoms. The van der Waals surface area contributed by atoms with E-state index in [1.165, 1.54) is 10.4 Å². The Bertz CT molecular complexity index is 1040. The number of hydrogen-bond acceptors (Lipinski definition) is 6. The molecule has 1 saturated heterocycles. The van der Waals surface area contributed by atoms with Crippen LogP contribution in [-0.2, 0) is 10.0 Å². The molecule has 0 bridgehead atoms. The Labute approximate surface area is 158 Å². The zero-order valence-electron chi connectivity index (χ0n) is 15.3. The maximum atomic E-state index is 13.3. The highest BCUT2D eigenvalue weighted by atomic mass is 32.2. The molecule has 0 aromatic carbocycles. The first kappa shape index (κ1) is 17.9.